The summed E-state index contributed by atoms with van der Waals surface area (Å²) >= 11 is 0. The van der Waals surface area contributed by atoms with Crippen molar-refractivity contribution < 1.29 is 14.6 Å². The Morgan fingerprint density at radius 2 is 2.33 bits per heavy atom. The van der Waals surface area contributed by atoms with Crippen molar-refractivity contribution in [1.82, 2.24) is 4.98 Å². The van der Waals surface area contributed by atoms with Crippen LogP contribution in [0.3, 0.4) is 0 Å². The number of methoxy groups -OCH3 is 1. The molecule has 12 heavy (non-hydrogen) atoms. The Bertz CT molecular complexity index is 355. The van der Waals surface area contributed by atoms with E-state index in [4.69, 9.17) is 5.11 Å². The molecule has 0 aromatic carbocycles. The SMILES string of the molecule is COC(=O)c1[nH]ccc(=O)c1O. The number of nitrogens with one attached hydrogen (secondary N) is 1. The Hall–Kier alpha value is -1.78. The third-order valence-electron chi connectivity index (χ3n) is 1.32. The molecule has 0 radical (unpaired) electrons. The van der Waals surface area contributed by atoms with Gasteiger partial charge in [0.15, 0.2) is 11.4 Å². The molecule has 1 rings (SSSR count). The Morgan fingerprint density at radius 1 is 1.67 bits per heavy atom. The van der Waals surface area contributed by atoms with E-state index < -0.39 is 17.1 Å². The van der Waals surface area contributed by atoms with Crippen LogP contribution in [-0.4, -0.2) is 23.2 Å². The minimum Gasteiger partial charge on any atom is -0.502 e. The number of hydrogen-bond acceptors (Lipinski definition) is 4. The first-order chi connectivity index (χ1) is 5.66. The molecule has 0 aliphatic heterocycles. The van der Waals surface area contributed by atoms with Gasteiger partial charge in [0.05, 0.1) is 7.11 Å². The highest BCUT2D eigenvalue weighted by atomic mass is 16.5. The minimum absolute atomic E-state index is 0.231. The van der Waals surface area contributed by atoms with Crippen molar-refractivity contribution in [2.45, 2.75) is 0 Å². The van der Waals surface area contributed by atoms with Crippen LogP contribution in [-0.2, 0) is 4.74 Å². The lowest BCUT2D eigenvalue weighted by Gasteiger charge is -1.99. The van der Waals surface area contributed by atoms with Crippen LogP contribution in [0.5, 0.6) is 5.75 Å². The third kappa shape index (κ3) is 1.29. The van der Waals surface area contributed by atoms with Crippen LogP contribution in [0.15, 0.2) is 17.1 Å². The van der Waals surface area contributed by atoms with Crippen molar-refractivity contribution >= 4 is 5.97 Å². The summed E-state index contributed by atoms with van der Waals surface area (Å²) in [6.07, 6.45) is 1.26. The maximum absolute atomic E-state index is 10.8. The van der Waals surface area contributed by atoms with Gasteiger partial charge in [-0.3, -0.25) is 4.79 Å². The number of esters is 1. The largest absolute Gasteiger partial charge is 0.502 e. The van der Waals surface area contributed by atoms with Gasteiger partial charge in [0.25, 0.3) is 0 Å². The predicted octanol–water partition coefficient (Wildman–Crippen LogP) is -0.133. The highest BCUT2D eigenvalue weighted by molar-refractivity contribution is 5.89. The van der Waals surface area contributed by atoms with Gasteiger partial charge in [-0.25, -0.2) is 4.79 Å². The van der Waals surface area contributed by atoms with Crippen molar-refractivity contribution in [3.8, 4) is 5.75 Å². The number of H-pyrrole nitrogens is 1. The summed E-state index contributed by atoms with van der Waals surface area (Å²) in [7, 11) is 1.16. The Balaban J connectivity index is 3.26. The molecule has 0 atom stereocenters. The van der Waals surface area contributed by atoms with E-state index in [1.807, 2.05) is 0 Å². The molecular weight excluding hydrogens is 162 g/mol. The predicted molar refractivity (Wildman–Crippen MR) is 40.1 cm³/mol. The summed E-state index contributed by atoms with van der Waals surface area (Å²) in [5.74, 6) is -1.39. The molecule has 64 valence electrons. The van der Waals surface area contributed by atoms with E-state index in [0.29, 0.717) is 0 Å². The van der Waals surface area contributed by atoms with Gasteiger partial charge in [0.2, 0.25) is 5.43 Å². The van der Waals surface area contributed by atoms with E-state index in [1.165, 1.54) is 6.20 Å². The quantitative estimate of drug-likeness (QED) is 0.574. The number of ether oxygens (including phenoxy) is 1. The fourth-order valence-corrected chi connectivity index (χ4v) is 0.729. The van der Waals surface area contributed by atoms with Crippen LogP contribution >= 0.6 is 0 Å². The second kappa shape index (κ2) is 3.08. The van der Waals surface area contributed by atoms with Crippen molar-refractivity contribution in [3.63, 3.8) is 0 Å². The van der Waals surface area contributed by atoms with Gasteiger partial charge in [-0.2, -0.15) is 0 Å². The van der Waals surface area contributed by atoms with Gasteiger partial charge in [-0.1, -0.05) is 0 Å². The molecule has 1 aromatic rings. The van der Waals surface area contributed by atoms with Crippen LogP contribution in [0.4, 0.5) is 0 Å². The van der Waals surface area contributed by atoms with Crippen molar-refractivity contribution in [1.29, 1.82) is 0 Å². The molecule has 0 bridgehead atoms. The van der Waals surface area contributed by atoms with Crippen molar-refractivity contribution in [3.05, 3.63) is 28.2 Å². The van der Waals surface area contributed by atoms with Gasteiger partial charge in [0.1, 0.15) is 0 Å². The molecular formula is C7H7NO4. The lowest BCUT2D eigenvalue weighted by atomic mass is 10.3. The van der Waals surface area contributed by atoms with Crippen molar-refractivity contribution in [2.75, 3.05) is 7.11 Å². The number of aromatic hydroxyl groups is 1. The maximum atomic E-state index is 10.8. The number of pyridine rings is 1. The zero-order valence-electron chi connectivity index (χ0n) is 6.33. The van der Waals surface area contributed by atoms with E-state index >= 15 is 0 Å². The lowest BCUT2D eigenvalue weighted by Crippen LogP contribution is -2.10. The number of rotatable bonds is 1. The molecule has 0 fully saturated rings. The summed E-state index contributed by atoms with van der Waals surface area (Å²) in [5.41, 5.74) is -0.848. The molecule has 0 saturated carbocycles. The summed E-state index contributed by atoms with van der Waals surface area (Å²) < 4.78 is 4.30. The van der Waals surface area contributed by atoms with E-state index in [9.17, 15) is 9.59 Å². The monoisotopic (exact) mass is 169 g/mol. The number of hydrogen-bond donors (Lipinski definition) is 2. The van der Waals surface area contributed by atoms with Gasteiger partial charge >= 0.3 is 5.97 Å². The summed E-state index contributed by atoms with van der Waals surface area (Å²) in [6, 6.07) is 1.11. The molecule has 1 aromatic heterocycles. The average molecular weight is 169 g/mol. The second-order valence-electron chi connectivity index (χ2n) is 2.06. The normalized spacial score (nSPS) is 9.42. The molecule has 2 N–H and O–H groups in total. The average Bonchev–Trinajstić information content (AvgIpc) is 2.08. The standard InChI is InChI=1S/C7H7NO4/c1-12-7(11)5-6(10)4(9)2-3-8-5/h2-3,10H,1H3,(H,8,9). The summed E-state index contributed by atoms with van der Waals surface area (Å²) in [6.45, 7) is 0. The molecule has 5 nitrogen and oxygen atoms in total. The smallest absolute Gasteiger partial charge is 0.358 e. The fraction of sp³-hybridized carbons (Fsp3) is 0.143. The lowest BCUT2D eigenvalue weighted by molar-refractivity contribution is 0.0590. The van der Waals surface area contributed by atoms with Crippen LogP contribution in [0, 0.1) is 0 Å². The summed E-state index contributed by atoms with van der Waals surface area (Å²) in [4.78, 5) is 24.0. The first-order valence-electron chi connectivity index (χ1n) is 3.15. The Kier molecular flexibility index (Phi) is 2.14. The first-order valence-corrected chi connectivity index (χ1v) is 3.15. The summed E-state index contributed by atoms with van der Waals surface area (Å²) in [5, 5.41) is 9.05. The molecule has 0 amide bonds. The van der Waals surface area contributed by atoms with E-state index in [1.54, 1.807) is 0 Å². The number of aromatic nitrogens is 1. The van der Waals surface area contributed by atoms with Crippen LogP contribution in [0.1, 0.15) is 10.5 Å². The number of carbonyl (C=O) groups is 1. The second-order valence-corrected chi connectivity index (χ2v) is 2.06. The molecule has 0 spiro atoms. The minimum atomic E-state index is -0.773. The van der Waals surface area contributed by atoms with Crippen molar-refractivity contribution in [2.24, 2.45) is 0 Å². The number of carbonyl (C=O) groups excluding carboxylic acids is 1. The molecule has 0 aliphatic carbocycles. The zero-order valence-corrected chi connectivity index (χ0v) is 6.33. The molecule has 0 saturated heterocycles. The third-order valence-corrected chi connectivity index (χ3v) is 1.32. The maximum Gasteiger partial charge on any atom is 0.358 e. The highest BCUT2D eigenvalue weighted by Crippen LogP contribution is 2.07. The molecule has 1 heterocycles. The van der Waals surface area contributed by atoms with Gasteiger partial charge in [-0.05, 0) is 0 Å². The van der Waals surface area contributed by atoms with Crippen LogP contribution in [0.2, 0.25) is 0 Å². The molecule has 5 heteroatoms. The Labute approximate surface area is 67.6 Å². The van der Waals surface area contributed by atoms with E-state index in [0.717, 1.165) is 13.2 Å². The van der Waals surface area contributed by atoms with Gasteiger partial charge < -0.3 is 14.8 Å². The van der Waals surface area contributed by atoms with Gasteiger partial charge in [-0.15, -0.1) is 0 Å². The van der Waals surface area contributed by atoms with Crippen LogP contribution < -0.4 is 5.43 Å². The van der Waals surface area contributed by atoms with Crippen LogP contribution in [0.25, 0.3) is 0 Å². The van der Waals surface area contributed by atoms with E-state index in [-0.39, 0.29) is 5.69 Å². The fourth-order valence-electron chi connectivity index (χ4n) is 0.729. The molecule has 0 aliphatic rings. The zero-order chi connectivity index (χ0) is 9.14. The first kappa shape index (κ1) is 8.32. The topological polar surface area (TPSA) is 79.4 Å². The number of aromatic amines is 1. The van der Waals surface area contributed by atoms with Gasteiger partial charge in [0, 0.05) is 12.3 Å². The van der Waals surface area contributed by atoms with E-state index in [2.05, 4.69) is 9.72 Å². The highest BCUT2D eigenvalue weighted by Gasteiger charge is 2.13. The Morgan fingerprint density at radius 3 is 2.92 bits per heavy atom. The molecule has 0 unspecified atom stereocenters.